The predicted octanol–water partition coefficient (Wildman–Crippen LogP) is 19.7. The van der Waals surface area contributed by atoms with Crippen molar-refractivity contribution in [3.8, 4) is 0 Å². The van der Waals surface area contributed by atoms with E-state index in [-0.39, 0.29) is 0 Å². The molecule has 0 heterocycles. The summed E-state index contributed by atoms with van der Waals surface area (Å²) >= 11 is 0. The summed E-state index contributed by atoms with van der Waals surface area (Å²) in [6, 6.07) is 26.5. The minimum absolute atomic E-state index is 1.12. The summed E-state index contributed by atoms with van der Waals surface area (Å²) in [6.07, 6.45) is 29.8. The maximum atomic E-state index is 2.86. The van der Waals surface area contributed by atoms with Crippen LogP contribution in [0, 0.1) is 0 Å². The number of rotatable bonds is 40. The molecule has 0 N–H and O–H groups in total. The van der Waals surface area contributed by atoms with Crippen molar-refractivity contribution < 1.29 is 0 Å². The molecule has 53 heavy (non-hydrogen) atoms. The molecule has 0 fully saturated rings. The van der Waals surface area contributed by atoms with Crippen LogP contribution < -0.4 is 0 Å². The van der Waals surface area contributed by atoms with Gasteiger partial charge in [0.2, 0.25) is 0 Å². The average molecular weight is 826 g/mol. The van der Waals surface area contributed by atoms with Gasteiger partial charge in [-0.15, -0.1) is 0 Å². The lowest BCUT2D eigenvalue weighted by Crippen LogP contribution is -2.39. The highest BCUT2D eigenvalue weighted by atomic mass is 28.3. The van der Waals surface area contributed by atoms with E-state index >= 15 is 0 Å². The largest absolute Gasteiger partial charge is 0.0691 e. The van der Waals surface area contributed by atoms with E-state index in [1.807, 2.05) is 0 Å². The fraction of sp³-hybridized carbons (Fsp3) is 1.00. The normalized spacial score (nSPS) is 13.4. The van der Waals surface area contributed by atoms with Gasteiger partial charge in [-0.05, 0) is 0 Å². The van der Waals surface area contributed by atoms with Crippen LogP contribution in [0.1, 0.15) is 184 Å². The molecule has 5 heteroatoms. The molecule has 0 saturated heterocycles. The van der Waals surface area contributed by atoms with Gasteiger partial charge in [0.25, 0.3) is 0 Å². The third kappa shape index (κ3) is 25.9. The Labute approximate surface area is 345 Å². The van der Waals surface area contributed by atoms with E-state index in [1.165, 1.54) is 103 Å². The van der Waals surface area contributed by atoms with Crippen LogP contribution in [0.25, 0.3) is 0 Å². The molecule has 0 aromatic heterocycles. The lowest BCUT2D eigenvalue weighted by atomic mass is 10.4. The third-order valence-corrected chi connectivity index (χ3v) is 39.4. The molecule has 0 aliphatic rings. The van der Waals surface area contributed by atoms with Gasteiger partial charge < -0.3 is 0 Å². The second-order valence-electron chi connectivity index (χ2n) is 21.0. The zero-order valence-corrected chi connectivity index (χ0v) is 45.0. The van der Waals surface area contributed by atoms with Crippen molar-refractivity contribution in [1.82, 2.24) is 0 Å². The Kier molecular flexibility index (Phi) is 32.7. The molecule has 0 unspecified atom stereocenters. The maximum absolute atomic E-state index is 2.86. The molecule has 0 aliphatic heterocycles. The summed E-state index contributed by atoms with van der Waals surface area (Å²) in [4.78, 5) is 0. The zero-order valence-electron chi connectivity index (χ0n) is 40.0. The minimum Gasteiger partial charge on any atom is -0.0691 e. The smallest absolute Gasteiger partial charge is 0.0535 e. The summed E-state index contributed by atoms with van der Waals surface area (Å²) in [5.41, 5.74) is 0. The van der Waals surface area contributed by atoms with Crippen LogP contribution in [-0.2, 0) is 0 Å². The molecule has 0 aliphatic carbocycles. The summed E-state index contributed by atoms with van der Waals surface area (Å²) in [7, 11) is -5.84. The third-order valence-electron chi connectivity index (χ3n) is 15.0. The molecule has 0 spiro atoms. The van der Waals surface area contributed by atoms with Crippen LogP contribution in [0.15, 0.2) is 0 Å². The van der Waals surface area contributed by atoms with Crippen LogP contribution in [0.2, 0.25) is 123 Å². The van der Waals surface area contributed by atoms with Gasteiger partial charge in [-0.1, -0.05) is 307 Å². The molecule has 0 aromatic carbocycles. The molecule has 0 amide bonds. The van der Waals surface area contributed by atoms with Crippen LogP contribution in [0.5, 0.6) is 0 Å². The maximum Gasteiger partial charge on any atom is 0.0535 e. The Hall–Kier alpha value is 1.08. The highest BCUT2D eigenvalue weighted by molar-refractivity contribution is 6.83. The van der Waals surface area contributed by atoms with E-state index < -0.39 is 40.4 Å². The Balaban J connectivity index is 6.59. The predicted molar refractivity (Wildman–Crippen MR) is 267 cm³/mol. The summed E-state index contributed by atoms with van der Waals surface area (Å²) in [5.74, 6) is 0. The topological polar surface area (TPSA) is 0 Å². The molecule has 320 valence electrons. The van der Waals surface area contributed by atoms with Gasteiger partial charge in [0.1, 0.15) is 0 Å². The summed E-state index contributed by atoms with van der Waals surface area (Å²) < 4.78 is 0. The van der Waals surface area contributed by atoms with E-state index in [9.17, 15) is 0 Å². The Bertz CT molecular complexity index is 646. The van der Waals surface area contributed by atoms with E-state index in [1.54, 1.807) is 122 Å². The molecule has 0 bridgehead atoms. The van der Waals surface area contributed by atoms with Crippen LogP contribution in [-0.4, -0.2) is 40.4 Å². The standard InChI is InChI=1S/C48H108Si5/c1-13-21-33-49(9,34-22-14-2)41-29-45-53(46-30-42-50(10,35-23-15-3)36-24-16-4,47-31-43-51(11,37-25-17-5)38-26-18-6)48-32-44-52(12,39-27-19-7)40-28-20-8/h13-48H2,1-12H3. The van der Waals surface area contributed by atoms with Gasteiger partial charge in [-0.25, -0.2) is 0 Å². The van der Waals surface area contributed by atoms with Crippen LogP contribution in [0.3, 0.4) is 0 Å². The molecule has 0 atom stereocenters. The van der Waals surface area contributed by atoms with Gasteiger partial charge in [0.05, 0.1) is 40.4 Å². The Morgan fingerprint density at radius 2 is 0.321 bits per heavy atom. The molecular weight excluding hydrogens is 717 g/mol. The van der Waals surface area contributed by atoms with E-state index in [0.29, 0.717) is 0 Å². The van der Waals surface area contributed by atoms with Gasteiger partial charge >= 0.3 is 0 Å². The fourth-order valence-electron chi connectivity index (χ4n) is 10.6. The molecular formula is C48H108Si5. The Morgan fingerprint density at radius 3 is 0.453 bits per heavy atom. The molecule has 0 saturated carbocycles. The molecule has 0 radical (unpaired) electrons. The first-order valence-corrected chi connectivity index (χ1v) is 40.6. The number of hydrogen-bond donors (Lipinski definition) is 0. The number of hydrogen-bond acceptors (Lipinski definition) is 0. The lowest BCUT2D eigenvalue weighted by Gasteiger charge is -2.38. The molecule has 0 nitrogen and oxygen atoms in total. The fourth-order valence-corrected chi connectivity index (χ4v) is 34.0. The average Bonchev–Trinajstić information content (AvgIpc) is 3.14. The van der Waals surface area contributed by atoms with Crippen molar-refractivity contribution in [2.75, 3.05) is 0 Å². The monoisotopic (exact) mass is 825 g/mol. The quantitative estimate of drug-likeness (QED) is 0.0540. The summed E-state index contributed by atoms with van der Waals surface area (Å²) in [5, 5.41) is 0. The van der Waals surface area contributed by atoms with Crippen molar-refractivity contribution in [3.05, 3.63) is 0 Å². The first-order chi connectivity index (χ1) is 25.3. The first kappa shape index (κ1) is 54.1. The van der Waals surface area contributed by atoms with Crippen LogP contribution in [0.4, 0.5) is 0 Å². The van der Waals surface area contributed by atoms with Crippen LogP contribution >= 0.6 is 0 Å². The van der Waals surface area contributed by atoms with Crippen molar-refractivity contribution in [1.29, 1.82) is 0 Å². The Morgan fingerprint density at radius 1 is 0.189 bits per heavy atom. The SMILES string of the molecule is CCCC[Si](C)(CCCC)CCC[Si](CCC[Si](C)(CCCC)CCCC)(CCC[Si](C)(CCCC)CCCC)CCC[Si](C)(CCCC)CCCC. The highest BCUT2D eigenvalue weighted by Gasteiger charge is 2.37. The molecule has 0 aromatic rings. The number of unbranched alkanes of at least 4 members (excludes halogenated alkanes) is 8. The first-order valence-electron chi connectivity index (χ1n) is 25.3. The van der Waals surface area contributed by atoms with Gasteiger partial charge in [0.15, 0.2) is 0 Å². The van der Waals surface area contributed by atoms with Gasteiger partial charge in [0, 0.05) is 0 Å². The van der Waals surface area contributed by atoms with Crippen molar-refractivity contribution >= 4 is 40.4 Å². The molecule has 0 rings (SSSR count). The second kappa shape index (κ2) is 32.0. The van der Waals surface area contributed by atoms with Crippen molar-refractivity contribution in [2.24, 2.45) is 0 Å². The highest BCUT2D eigenvalue weighted by Crippen LogP contribution is 2.41. The van der Waals surface area contributed by atoms with Gasteiger partial charge in [-0.2, -0.15) is 0 Å². The van der Waals surface area contributed by atoms with E-state index in [0.717, 1.165) is 0 Å². The minimum atomic E-state index is -1.36. The lowest BCUT2D eigenvalue weighted by molar-refractivity contribution is 0.792. The van der Waals surface area contributed by atoms with Crippen molar-refractivity contribution in [2.45, 2.75) is 307 Å². The van der Waals surface area contributed by atoms with Gasteiger partial charge in [-0.3, -0.25) is 0 Å². The van der Waals surface area contributed by atoms with E-state index in [2.05, 4.69) is 81.6 Å². The second-order valence-corrected chi connectivity index (χ2v) is 46.5. The summed E-state index contributed by atoms with van der Waals surface area (Å²) in [6.45, 7) is 31.0. The van der Waals surface area contributed by atoms with Crippen molar-refractivity contribution in [3.63, 3.8) is 0 Å². The van der Waals surface area contributed by atoms with E-state index in [4.69, 9.17) is 0 Å². The zero-order chi connectivity index (χ0) is 40.0.